The van der Waals surface area contributed by atoms with E-state index in [0.717, 1.165) is 49.6 Å². The van der Waals surface area contributed by atoms with Crippen LogP contribution >= 0.6 is 11.3 Å². The van der Waals surface area contributed by atoms with Crippen LogP contribution in [0, 0.1) is 0 Å². The summed E-state index contributed by atoms with van der Waals surface area (Å²) in [6.07, 6.45) is 3.35. The Morgan fingerprint density at radius 1 is 0.862 bits per heavy atom. The first-order chi connectivity index (χ1) is 14.2. The van der Waals surface area contributed by atoms with Gasteiger partial charge in [-0.1, -0.05) is 12.1 Å². The fourth-order valence-corrected chi connectivity index (χ4v) is 3.88. The second-order valence-electron chi connectivity index (χ2n) is 6.91. The molecular weight excluding hydrogens is 380 g/mol. The van der Waals surface area contributed by atoms with E-state index in [1.807, 2.05) is 37.8 Å². The van der Waals surface area contributed by atoms with Crippen LogP contribution in [0.25, 0.3) is 32.4 Å². The molecule has 0 bridgehead atoms. The number of benzene rings is 2. The molecule has 2 aromatic carbocycles. The molecule has 5 aromatic rings. The SMILES string of the molecule is CN(C)c1ccc(-c2cc3c(Nc4ccc5scnc5c4)ncnc3cn2)cc1. The molecule has 0 spiro atoms. The Labute approximate surface area is 171 Å². The van der Waals surface area contributed by atoms with Crippen LogP contribution < -0.4 is 10.2 Å². The van der Waals surface area contributed by atoms with Gasteiger partial charge in [-0.3, -0.25) is 4.98 Å². The van der Waals surface area contributed by atoms with Crippen molar-refractivity contribution in [2.24, 2.45) is 0 Å². The molecule has 3 aromatic heterocycles. The number of aromatic nitrogens is 4. The highest BCUT2D eigenvalue weighted by molar-refractivity contribution is 7.16. The summed E-state index contributed by atoms with van der Waals surface area (Å²) in [7, 11) is 4.06. The third-order valence-corrected chi connectivity index (χ3v) is 5.60. The number of anilines is 3. The van der Waals surface area contributed by atoms with Gasteiger partial charge in [0.05, 0.1) is 33.1 Å². The monoisotopic (exact) mass is 398 g/mol. The average molecular weight is 398 g/mol. The third-order valence-electron chi connectivity index (χ3n) is 4.79. The predicted octanol–water partition coefficient (Wildman–Crippen LogP) is 5.11. The van der Waals surface area contributed by atoms with Gasteiger partial charge in [-0.2, -0.15) is 0 Å². The summed E-state index contributed by atoms with van der Waals surface area (Å²) in [5.41, 5.74) is 7.66. The Balaban J connectivity index is 1.54. The van der Waals surface area contributed by atoms with Crippen LogP contribution in [0.5, 0.6) is 0 Å². The van der Waals surface area contributed by atoms with E-state index in [2.05, 4.69) is 60.5 Å². The molecule has 29 heavy (non-hydrogen) atoms. The van der Waals surface area contributed by atoms with Gasteiger partial charge in [0.25, 0.3) is 0 Å². The van der Waals surface area contributed by atoms with Crippen molar-refractivity contribution in [3.05, 3.63) is 66.6 Å². The molecule has 3 heterocycles. The fourth-order valence-electron chi connectivity index (χ4n) is 3.22. The van der Waals surface area contributed by atoms with Gasteiger partial charge in [-0.05, 0) is 36.4 Å². The molecule has 0 unspecified atom stereocenters. The molecule has 0 fully saturated rings. The zero-order valence-electron chi connectivity index (χ0n) is 16.0. The van der Waals surface area contributed by atoms with Crippen molar-refractivity contribution in [2.45, 2.75) is 0 Å². The third kappa shape index (κ3) is 3.36. The van der Waals surface area contributed by atoms with Crippen molar-refractivity contribution in [1.29, 1.82) is 0 Å². The molecule has 142 valence electrons. The van der Waals surface area contributed by atoms with Crippen LogP contribution in [0.15, 0.2) is 66.6 Å². The standard InChI is InChI=1S/C22H18N6S/c1-28(2)16-6-3-14(4-7-16)18-10-17-20(11-23-18)24-12-25-22(17)27-15-5-8-21-19(9-15)26-13-29-21/h3-13H,1-2H3,(H,24,25,27). The summed E-state index contributed by atoms with van der Waals surface area (Å²) < 4.78 is 1.16. The number of hydrogen-bond donors (Lipinski definition) is 1. The van der Waals surface area contributed by atoms with Gasteiger partial charge in [0.2, 0.25) is 0 Å². The van der Waals surface area contributed by atoms with Gasteiger partial charge < -0.3 is 10.2 Å². The zero-order chi connectivity index (χ0) is 19.8. The van der Waals surface area contributed by atoms with Gasteiger partial charge in [0, 0.05) is 36.4 Å². The number of fused-ring (bicyclic) bond motifs is 2. The van der Waals surface area contributed by atoms with E-state index in [9.17, 15) is 0 Å². The van der Waals surface area contributed by atoms with Crippen LogP contribution in [0.2, 0.25) is 0 Å². The summed E-state index contributed by atoms with van der Waals surface area (Å²) in [5, 5.41) is 4.33. The van der Waals surface area contributed by atoms with E-state index in [4.69, 9.17) is 0 Å². The highest BCUT2D eigenvalue weighted by Gasteiger charge is 2.09. The first-order valence-electron chi connectivity index (χ1n) is 9.16. The smallest absolute Gasteiger partial charge is 0.141 e. The highest BCUT2D eigenvalue weighted by Crippen LogP contribution is 2.29. The van der Waals surface area contributed by atoms with E-state index in [1.165, 1.54) is 0 Å². The Morgan fingerprint density at radius 2 is 1.72 bits per heavy atom. The van der Waals surface area contributed by atoms with Gasteiger partial charge in [-0.25, -0.2) is 15.0 Å². The van der Waals surface area contributed by atoms with Gasteiger partial charge in [-0.15, -0.1) is 11.3 Å². The molecule has 0 amide bonds. The second-order valence-corrected chi connectivity index (χ2v) is 7.80. The van der Waals surface area contributed by atoms with Crippen LogP contribution in [0.1, 0.15) is 0 Å². The minimum absolute atomic E-state index is 0.748. The molecule has 0 saturated carbocycles. The van der Waals surface area contributed by atoms with Crippen molar-refractivity contribution in [3.63, 3.8) is 0 Å². The summed E-state index contributed by atoms with van der Waals surface area (Å²) in [6, 6.07) is 16.5. The maximum atomic E-state index is 4.59. The fraction of sp³-hybridized carbons (Fsp3) is 0.0909. The summed E-state index contributed by atoms with van der Waals surface area (Å²) in [5.74, 6) is 0.748. The molecule has 0 radical (unpaired) electrons. The van der Waals surface area contributed by atoms with E-state index >= 15 is 0 Å². The van der Waals surface area contributed by atoms with E-state index in [-0.39, 0.29) is 0 Å². The number of thiazole rings is 1. The second kappa shape index (κ2) is 7.10. The maximum absolute atomic E-state index is 4.59. The highest BCUT2D eigenvalue weighted by atomic mass is 32.1. The Kier molecular flexibility index (Phi) is 4.29. The Morgan fingerprint density at radius 3 is 2.55 bits per heavy atom. The molecule has 1 N–H and O–H groups in total. The van der Waals surface area contributed by atoms with Gasteiger partial charge >= 0.3 is 0 Å². The van der Waals surface area contributed by atoms with Crippen LogP contribution in [0.3, 0.4) is 0 Å². The Hall–Kier alpha value is -3.58. The van der Waals surface area contributed by atoms with E-state index in [1.54, 1.807) is 23.9 Å². The summed E-state index contributed by atoms with van der Waals surface area (Å²) in [4.78, 5) is 19.9. The minimum atomic E-state index is 0.748. The quantitative estimate of drug-likeness (QED) is 0.454. The molecular formula is C22H18N6S. The normalized spacial score (nSPS) is 11.1. The lowest BCUT2D eigenvalue weighted by Gasteiger charge is -2.13. The van der Waals surface area contributed by atoms with Crippen molar-refractivity contribution >= 4 is 49.6 Å². The first kappa shape index (κ1) is 17.5. The number of hydrogen-bond acceptors (Lipinski definition) is 7. The van der Waals surface area contributed by atoms with Crippen molar-refractivity contribution in [1.82, 2.24) is 19.9 Å². The van der Waals surface area contributed by atoms with Crippen molar-refractivity contribution in [3.8, 4) is 11.3 Å². The van der Waals surface area contributed by atoms with Crippen LogP contribution in [-0.4, -0.2) is 34.0 Å². The molecule has 0 atom stereocenters. The largest absolute Gasteiger partial charge is 0.378 e. The molecule has 7 heteroatoms. The lowest BCUT2D eigenvalue weighted by Crippen LogP contribution is -2.07. The predicted molar refractivity (Wildman–Crippen MR) is 120 cm³/mol. The minimum Gasteiger partial charge on any atom is -0.378 e. The topological polar surface area (TPSA) is 66.8 Å². The zero-order valence-corrected chi connectivity index (χ0v) is 16.8. The first-order valence-corrected chi connectivity index (χ1v) is 10.0. The van der Waals surface area contributed by atoms with Crippen LogP contribution in [0.4, 0.5) is 17.2 Å². The molecule has 0 aliphatic heterocycles. The van der Waals surface area contributed by atoms with Gasteiger partial charge in [0.15, 0.2) is 0 Å². The molecule has 0 aliphatic rings. The number of nitrogens with zero attached hydrogens (tertiary/aromatic N) is 5. The lowest BCUT2D eigenvalue weighted by molar-refractivity contribution is 1.13. The molecule has 0 saturated heterocycles. The van der Waals surface area contributed by atoms with Crippen molar-refractivity contribution < 1.29 is 0 Å². The Bertz CT molecular complexity index is 1310. The lowest BCUT2D eigenvalue weighted by atomic mass is 10.1. The molecule has 0 aliphatic carbocycles. The van der Waals surface area contributed by atoms with Crippen LogP contribution in [-0.2, 0) is 0 Å². The number of rotatable bonds is 4. The molecule has 5 rings (SSSR count). The summed E-state index contributed by atoms with van der Waals surface area (Å²) in [6.45, 7) is 0. The van der Waals surface area contributed by atoms with Gasteiger partial charge in [0.1, 0.15) is 12.1 Å². The maximum Gasteiger partial charge on any atom is 0.141 e. The number of nitrogens with one attached hydrogen (secondary N) is 1. The van der Waals surface area contributed by atoms with E-state index < -0.39 is 0 Å². The molecule has 6 nitrogen and oxygen atoms in total. The van der Waals surface area contributed by atoms with E-state index in [0.29, 0.717) is 0 Å². The summed E-state index contributed by atoms with van der Waals surface area (Å²) >= 11 is 1.63. The number of pyridine rings is 1. The van der Waals surface area contributed by atoms with Crippen molar-refractivity contribution in [2.75, 3.05) is 24.3 Å². The average Bonchev–Trinajstić information content (AvgIpc) is 3.22.